The number of likely N-dealkylation sites (N-methyl/N-ethyl adjacent to an activating group) is 1. The highest BCUT2D eigenvalue weighted by Crippen LogP contribution is 2.33. The predicted octanol–water partition coefficient (Wildman–Crippen LogP) is 6.89. The number of unbranched alkanes of at least 4 members (excludes halogenated alkanes) is 3. The maximum Gasteiger partial charge on any atom is 0.317 e. The van der Waals surface area contributed by atoms with Crippen molar-refractivity contribution in [1.29, 1.82) is 0 Å². The molecule has 0 spiro atoms. The third-order valence-corrected chi connectivity index (χ3v) is 8.28. The fourth-order valence-corrected chi connectivity index (χ4v) is 5.94. The maximum absolute atomic E-state index is 14.9. The minimum absolute atomic E-state index is 0.0256. The van der Waals surface area contributed by atoms with Crippen molar-refractivity contribution in [1.82, 2.24) is 19.4 Å². The Kier molecular flexibility index (Phi) is 8.08. The Balaban J connectivity index is 1.68. The van der Waals surface area contributed by atoms with Crippen LogP contribution in [0, 0.1) is 5.82 Å². The Hall–Kier alpha value is -3.52. The first kappa shape index (κ1) is 26.4. The number of halogens is 1. The zero-order valence-electron chi connectivity index (χ0n) is 26.4. The number of benzene rings is 2. The van der Waals surface area contributed by atoms with Crippen LogP contribution < -0.4 is 10.3 Å². The average Bonchev–Trinajstić information content (AvgIpc) is 3.42. The first-order chi connectivity index (χ1) is 20.6. The quantitative estimate of drug-likeness (QED) is 0.201. The summed E-state index contributed by atoms with van der Waals surface area (Å²) >= 11 is 0. The van der Waals surface area contributed by atoms with Crippen molar-refractivity contribution >= 4 is 21.7 Å². The summed E-state index contributed by atoms with van der Waals surface area (Å²) in [4.78, 5) is 25.3. The number of ether oxygens (including phenoxy) is 1. The van der Waals surface area contributed by atoms with Gasteiger partial charge in [0, 0.05) is 29.1 Å². The molecule has 0 saturated carbocycles. The molecule has 2 aromatic heterocycles. The zero-order valence-corrected chi connectivity index (χ0v) is 24.4. The van der Waals surface area contributed by atoms with Crippen LogP contribution in [0.4, 0.5) is 4.39 Å². The summed E-state index contributed by atoms with van der Waals surface area (Å²) in [5, 5.41) is 12.3. The number of aryl methyl sites for hydroxylation is 1. The smallest absolute Gasteiger partial charge is 0.317 e. The van der Waals surface area contributed by atoms with E-state index in [-0.39, 0.29) is 29.0 Å². The molecule has 1 fully saturated rings. The van der Waals surface area contributed by atoms with Crippen LogP contribution in [-0.2, 0) is 6.42 Å². The number of fused-ring (bicyclic) bond motifs is 2. The van der Waals surface area contributed by atoms with Crippen molar-refractivity contribution in [2.45, 2.75) is 84.1 Å². The molecule has 4 aromatic rings. The molecule has 0 amide bonds. The van der Waals surface area contributed by atoms with Gasteiger partial charge in [-0.15, -0.1) is 0 Å². The summed E-state index contributed by atoms with van der Waals surface area (Å²) in [7, 11) is 1.87. The molecule has 1 aliphatic rings. The van der Waals surface area contributed by atoms with Crippen molar-refractivity contribution in [3.8, 4) is 17.4 Å². The number of phenols is 1. The van der Waals surface area contributed by atoms with Gasteiger partial charge in [0.2, 0.25) is 0 Å². The molecule has 2 aromatic carbocycles. The van der Waals surface area contributed by atoms with Crippen molar-refractivity contribution in [3.63, 3.8) is 0 Å². The van der Waals surface area contributed by atoms with Gasteiger partial charge in [-0.25, -0.2) is 4.39 Å². The molecule has 1 saturated heterocycles. The third-order valence-electron chi connectivity index (χ3n) is 8.28. The van der Waals surface area contributed by atoms with E-state index in [1.165, 1.54) is 16.7 Å². The lowest BCUT2D eigenvalue weighted by Crippen LogP contribution is -2.31. The van der Waals surface area contributed by atoms with Crippen LogP contribution in [0.3, 0.4) is 0 Å². The van der Waals surface area contributed by atoms with E-state index < -0.39 is 18.2 Å². The van der Waals surface area contributed by atoms with Gasteiger partial charge in [0.25, 0.3) is 5.56 Å². The molecule has 41 heavy (non-hydrogen) atoms. The summed E-state index contributed by atoms with van der Waals surface area (Å²) in [6, 6.07) is 7.11. The highest BCUT2D eigenvalue weighted by Gasteiger charge is 2.24. The predicted molar refractivity (Wildman–Crippen MR) is 162 cm³/mol. The first-order valence-electron chi connectivity index (χ1n) is 15.8. The normalized spacial score (nSPS) is 17.6. The first-order valence-corrected chi connectivity index (χ1v) is 14.8. The molecule has 0 bridgehead atoms. The number of likely N-dealkylation sites (tertiary alicyclic amines) is 1. The van der Waals surface area contributed by atoms with E-state index in [1.807, 2.05) is 18.9 Å². The van der Waals surface area contributed by atoms with Crippen molar-refractivity contribution in [3.05, 3.63) is 64.0 Å². The Labute approximate surface area is 243 Å². The summed E-state index contributed by atoms with van der Waals surface area (Å²) < 4.78 is 39.6. The molecule has 0 radical (unpaired) electrons. The van der Waals surface area contributed by atoms with E-state index in [1.54, 1.807) is 24.4 Å². The van der Waals surface area contributed by atoms with Crippen LogP contribution in [-0.4, -0.2) is 50.7 Å². The highest BCUT2D eigenvalue weighted by molar-refractivity contribution is 5.95. The Morgan fingerprint density at radius 3 is 2.76 bits per heavy atom. The van der Waals surface area contributed by atoms with Crippen molar-refractivity contribution < 1.29 is 17.0 Å². The van der Waals surface area contributed by atoms with Gasteiger partial charge in [-0.1, -0.05) is 52.5 Å². The number of hydrogen-bond donors (Lipinski definition) is 1. The SMILES string of the molecule is [2H]C([2H])(Oc1nc(C(C)CCCCCC)c2ccn(-c3cc(O)cc4ccc(F)c(CC)c34)c(=O)c2n1)[C@@H]1CCCN1C. The van der Waals surface area contributed by atoms with E-state index in [9.17, 15) is 14.3 Å². The summed E-state index contributed by atoms with van der Waals surface area (Å²) in [6.45, 7) is 4.78. The van der Waals surface area contributed by atoms with E-state index in [4.69, 9.17) is 12.5 Å². The van der Waals surface area contributed by atoms with Crippen LogP contribution in [0.5, 0.6) is 11.8 Å². The minimum Gasteiger partial charge on any atom is -0.508 e. The molecule has 1 N–H and O–H groups in total. The van der Waals surface area contributed by atoms with Gasteiger partial charge in [0.1, 0.15) is 23.6 Å². The van der Waals surface area contributed by atoms with Crippen LogP contribution >= 0.6 is 0 Å². The number of pyridine rings is 1. The number of hydrogen-bond acceptors (Lipinski definition) is 6. The zero-order chi connectivity index (χ0) is 30.9. The standard InChI is InChI=1S/C33H41FN4O3/c1-5-7-8-9-11-21(3)30-26-15-17-38(28-19-24(39)18-22-13-14-27(34)25(6-2)29(22)28)32(40)31(26)36-33(35-30)41-20-23-12-10-16-37(23)4/h13-15,17-19,21,23,39H,5-12,16,20H2,1-4H3/t21?,23-/m0/s1/i20D2. The third kappa shape index (κ3) is 5.94. The van der Waals surface area contributed by atoms with Gasteiger partial charge in [-0.2, -0.15) is 9.97 Å². The number of nitrogens with zero attached hydrogens (tertiary/aromatic N) is 4. The van der Waals surface area contributed by atoms with Crippen LogP contribution in [0.25, 0.3) is 27.4 Å². The number of aromatic nitrogens is 3. The fraction of sp³-hybridized carbons (Fsp3) is 0.485. The van der Waals surface area contributed by atoms with Gasteiger partial charge in [-0.05, 0) is 74.3 Å². The lowest BCUT2D eigenvalue weighted by molar-refractivity contribution is 0.187. The van der Waals surface area contributed by atoms with Gasteiger partial charge < -0.3 is 14.7 Å². The Bertz CT molecular complexity index is 1690. The molecule has 218 valence electrons. The van der Waals surface area contributed by atoms with Crippen LogP contribution in [0.1, 0.15) is 85.6 Å². The van der Waals surface area contributed by atoms with Gasteiger partial charge in [0.05, 0.1) is 14.1 Å². The summed E-state index contributed by atoms with van der Waals surface area (Å²) in [5.41, 5.74) is 1.03. The topological polar surface area (TPSA) is 80.5 Å². The van der Waals surface area contributed by atoms with Crippen LogP contribution in [0.15, 0.2) is 41.3 Å². The molecular weight excluding hydrogens is 519 g/mol. The van der Waals surface area contributed by atoms with E-state index in [0.29, 0.717) is 45.9 Å². The number of phenolic OH excluding ortho intramolecular Hbond substituents is 1. The molecule has 3 heterocycles. The molecule has 1 aliphatic heterocycles. The monoisotopic (exact) mass is 562 g/mol. The van der Waals surface area contributed by atoms with Gasteiger partial charge in [0.15, 0.2) is 0 Å². The molecule has 0 aliphatic carbocycles. The summed E-state index contributed by atoms with van der Waals surface area (Å²) in [5.74, 6) is -0.459. The number of rotatable bonds is 11. The second kappa shape index (κ2) is 12.6. The molecule has 5 rings (SSSR count). The van der Waals surface area contributed by atoms with Crippen molar-refractivity contribution in [2.24, 2.45) is 0 Å². The maximum atomic E-state index is 14.9. The fourth-order valence-electron chi connectivity index (χ4n) is 5.94. The molecule has 7 nitrogen and oxygen atoms in total. The Morgan fingerprint density at radius 1 is 1.20 bits per heavy atom. The lowest BCUT2D eigenvalue weighted by Gasteiger charge is -2.20. The second-order valence-corrected chi connectivity index (χ2v) is 11.2. The van der Waals surface area contributed by atoms with Crippen molar-refractivity contribution in [2.75, 3.05) is 20.2 Å². The van der Waals surface area contributed by atoms with E-state index >= 15 is 0 Å². The largest absolute Gasteiger partial charge is 0.508 e. The highest BCUT2D eigenvalue weighted by atomic mass is 19.1. The van der Waals surface area contributed by atoms with Gasteiger partial charge >= 0.3 is 6.01 Å². The minimum atomic E-state index is -2.07. The molecule has 1 unspecified atom stereocenters. The lowest BCUT2D eigenvalue weighted by atomic mass is 9.96. The Morgan fingerprint density at radius 2 is 2.02 bits per heavy atom. The second-order valence-electron chi connectivity index (χ2n) is 11.2. The van der Waals surface area contributed by atoms with Gasteiger partial charge in [-0.3, -0.25) is 9.36 Å². The number of aromatic hydroxyl groups is 1. The molecule has 2 atom stereocenters. The van der Waals surface area contributed by atoms with E-state index in [2.05, 4.69) is 18.8 Å². The van der Waals surface area contributed by atoms with E-state index in [0.717, 1.165) is 45.1 Å². The molecule has 8 heteroatoms. The average molecular weight is 563 g/mol. The molecular formula is C33H41FN4O3. The van der Waals surface area contributed by atoms with Crippen LogP contribution in [0.2, 0.25) is 0 Å². The summed E-state index contributed by atoms with van der Waals surface area (Å²) in [6.07, 6.45) is 8.74.